The average molecular weight is 347 g/mol. The topological polar surface area (TPSA) is 61.7 Å². The van der Waals surface area contributed by atoms with E-state index in [0.717, 1.165) is 64.2 Å². The third-order valence-corrected chi connectivity index (χ3v) is 5.31. The molecule has 0 aromatic carbocycles. The third kappa shape index (κ3) is 4.21. The molecule has 1 amide bonds. The highest BCUT2D eigenvalue weighted by atomic mass is 16.2. The van der Waals surface area contributed by atoms with E-state index in [1.165, 1.54) is 4.68 Å². The summed E-state index contributed by atoms with van der Waals surface area (Å²) in [6.45, 7) is 8.51. The number of carbonyl (C=O) groups is 1. The van der Waals surface area contributed by atoms with Gasteiger partial charge in [0.15, 0.2) is 0 Å². The van der Waals surface area contributed by atoms with Crippen LogP contribution in [0, 0.1) is 5.92 Å². The summed E-state index contributed by atoms with van der Waals surface area (Å²) in [5.41, 5.74) is 0.714. The molecule has 3 rings (SSSR count). The number of nitrogens with zero attached hydrogens (tertiary/aromatic N) is 5. The van der Waals surface area contributed by atoms with E-state index < -0.39 is 0 Å². The third-order valence-electron chi connectivity index (χ3n) is 5.31. The molecule has 1 atom stereocenters. The Morgan fingerprint density at radius 2 is 2.00 bits per heavy atom. The van der Waals surface area contributed by atoms with Crippen molar-refractivity contribution < 1.29 is 4.79 Å². The van der Waals surface area contributed by atoms with Gasteiger partial charge >= 0.3 is 0 Å². The van der Waals surface area contributed by atoms with E-state index >= 15 is 0 Å². The minimum absolute atomic E-state index is 0.0236. The lowest BCUT2D eigenvalue weighted by molar-refractivity contribution is -0.137. The van der Waals surface area contributed by atoms with Crippen LogP contribution in [-0.4, -0.2) is 71.3 Å². The van der Waals surface area contributed by atoms with Crippen molar-refractivity contribution in [3.05, 3.63) is 22.6 Å². The molecule has 1 aromatic rings. The number of hydrogen-bond acceptors (Lipinski definition) is 5. The Bertz CT molecular complexity index is 651. The lowest BCUT2D eigenvalue weighted by atomic mass is 9.96. The van der Waals surface area contributed by atoms with Gasteiger partial charge in [0.05, 0.1) is 17.8 Å². The molecule has 0 saturated carbocycles. The molecular weight excluding hydrogens is 318 g/mol. The summed E-state index contributed by atoms with van der Waals surface area (Å²) >= 11 is 0. The molecule has 7 nitrogen and oxygen atoms in total. The average Bonchev–Trinajstić information content (AvgIpc) is 2.64. The minimum Gasteiger partial charge on any atom is -0.369 e. The van der Waals surface area contributed by atoms with Gasteiger partial charge in [0.1, 0.15) is 0 Å². The van der Waals surface area contributed by atoms with E-state index in [2.05, 4.69) is 21.8 Å². The molecule has 2 saturated heterocycles. The number of hydrogen-bond donors (Lipinski definition) is 0. The predicted molar refractivity (Wildman–Crippen MR) is 97.7 cm³/mol. The van der Waals surface area contributed by atoms with Crippen LogP contribution in [0.4, 0.5) is 5.69 Å². The Morgan fingerprint density at radius 3 is 2.68 bits per heavy atom. The maximum atomic E-state index is 12.9. The number of carbonyl (C=O) groups excluding carboxylic acids is 1. The molecule has 0 radical (unpaired) electrons. The Labute approximate surface area is 149 Å². The van der Waals surface area contributed by atoms with Crippen molar-refractivity contribution in [2.75, 3.05) is 50.7 Å². The van der Waals surface area contributed by atoms with Crippen LogP contribution in [-0.2, 0) is 11.8 Å². The molecule has 138 valence electrons. The van der Waals surface area contributed by atoms with Crippen LogP contribution < -0.4 is 10.5 Å². The summed E-state index contributed by atoms with van der Waals surface area (Å²) in [6.07, 6.45) is 4.79. The Hall–Kier alpha value is -1.89. The fourth-order valence-electron chi connectivity index (χ4n) is 3.81. The SMILES string of the molecule is CCCN1CCN(C(=O)C2CCCN(c3cnn(C)c(=O)c3)C2)CC1. The van der Waals surface area contributed by atoms with Crippen LogP contribution in [0.25, 0.3) is 0 Å². The Balaban J connectivity index is 1.60. The van der Waals surface area contributed by atoms with E-state index in [-0.39, 0.29) is 17.4 Å². The van der Waals surface area contributed by atoms with Crippen LogP contribution in [0.1, 0.15) is 26.2 Å². The van der Waals surface area contributed by atoms with Crippen LogP contribution in [0.15, 0.2) is 17.1 Å². The lowest BCUT2D eigenvalue weighted by Gasteiger charge is -2.39. The largest absolute Gasteiger partial charge is 0.369 e. The van der Waals surface area contributed by atoms with Gasteiger partial charge in [0.25, 0.3) is 5.56 Å². The maximum Gasteiger partial charge on any atom is 0.268 e. The van der Waals surface area contributed by atoms with Gasteiger partial charge in [-0.1, -0.05) is 6.92 Å². The van der Waals surface area contributed by atoms with Gasteiger partial charge in [0.2, 0.25) is 5.91 Å². The van der Waals surface area contributed by atoms with Crippen LogP contribution in [0.2, 0.25) is 0 Å². The second-order valence-corrected chi connectivity index (χ2v) is 7.13. The van der Waals surface area contributed by atoms with Gasteiger partial charge in [-0.3, -0.25) is 14.5 Å². The van der Waals surface area contributed by atoms with Crippen molar-refractivity contribution in [2.24, 2.45) is 13.0 Å². The Kier molecular flexibility index (Phi) is 5.73. The summed E-state index contributed by atoms with van der Waals surface area (Å²) < 4.78 is 1.33. The van der Waals surface area contributed by atoms with Crippen molar-refractivity contribution in [1.82, 2.24) is 19.6 Å². The number of piperidine rings is 1. The summed E-state index contributed by atoms with van der Waals surface area (Å²) in [7, 11) is 1.65. The van der Waals surface area contributed by atoms with E-state index in [9.17, 15) is 9.59 Å². The molecule has 3 heterocycles. The first-order chi connectivity index (χ1) is 12.1. The molecule has 0 spiro atoms. The normalized spacial score (nSPS) is 22.2. The highest BCUT2D eigenvalue weighted by Gasteiger charge is 2.31. The first-order valence-corrected chi connectivity index (χ1v) is 9.38. The van der Waals surface area contributed by atoms with Crippen molar-refractivity contribution >= 4 is 11.6 Å². The first-order valence-electron chi connectivity index (χ1n) is 9.38. The molecule has 7 heteroatoms. The van der Waals surface area contributed by atoms with Gasteiger partial charge in [-0.05, 0) is 25.8 Å². The molecule has 2 fully saturated rings. The second kappa shape index (κ2) is 7.99. The predicted octanol–water partition coefficient (Wildman–Crippen LogP) is 0.551. The molecular formula is C18H29N5O2. The number of piperazine rings is 1. The maximum absolute atomic E-state index is 12.9. The van der Waals surface area contributed by atoms with Gasteiger partial charge in [0, 0.05) is 52.4 Å². The highest BCUT2D eigenvalue weighted by Crippen LogP contribution is 2.23. The molecule has 0 N–H and O–H groups in total. The molecule has 0 aliphatic carbocycles. The smallest absolute Gasteiger partial charge is 0.268 e. The quantitative estimate of drug-likeness (QED) is 0.796. The van der Waals surface area contributed by atoms with Crippen LogP contribution in [0.5, 0.6) is 0 Å². The Morgan fingerprint density at radius 1 is 1.24 bits per heavy atom. The fourth-order valence-corrected chi connectivity index (χ4v) is 3.81. The number of aromatic nitrogens is 2. The number of aryl methyl sites for hydroxylation is 1. The molecule has 2 aliphatic rings. The molecule has 25 heavy (non-hydrogen) atoms. The van der Waals surface area contributed by atoms with Gasteiger partial charge < -0.3 is 9.80 Å². The van der Waals surface area contributed by atoms with Gasteiger partial charge in [-0.15, -0.1) is 0 Å². The second-order valence-electron chi connectivity index (χ2n) is 7.13. The summed E-state index contributed by atoms with van der Waals surface area (Å²) in [5.74, 6) is 0.299. The van der Waals surface area contributed by atoms with Crippen LogP contribution in [0.3, 0.4) is 0 Å². The summed E-state index contributed by atoms with van der Waals surface area (Å²) in [4.78, 5) is 31.3. The van der Waals surface area contributed by atoms with E-state index in [1.54, 1.807) is 19.3 Å². The van der Waals surface area contributed by atoms with Crippen molar-refractivity contribution in [3.8, 4) is 0 Å². The summed E-state index contributed by atoms with van der Waals surface area (Å²) in [5, 5.41) is 4.10. The number of anilines is 1. The monoisotopic (exact) mass is 347 g/mol. The highest BCUT2D eigenvalue weighted by molar-refractivity contribution is 5.80. The van der Waals surface area contributed by atoms with Crippen LogP contribution >= 0.6 is 0 Å². The van der Waals surface area contributed by atoms with Crippen molar-refractivity contribution in [1.29, 1.82) is 0 Å². The zero-order valence-corrected chi connectivity index (χ0v) is 15.4. The van der Waals surface area contributed by atoms with Crippen molar-refractivity contribution in [3.63, 3.8) is 0 Å². The molecule has 1 unspecified atom stereocenters. The van der Waals surface area contributed by atoms with E-state index in [4.69, 9.17) is 0 Å². The van der Waals surface area contributed by atoms with E-state index in [0.29, 0.717) is 6.54 Å². The first kappa shape index (κ1) is 17.9. The van der Waals surface area contributed by atoms with Gasteiger partial charge in [-0.2, -0.15) is 5.10 Å². The molecule has 2 aliphatic heterocycles. The molecule has 0 bridgehead atoms. The molecule has 1 aromatic heterocycles. The number of amides is 1. The summed E-state index contributed by atoms with van der Waals surface area (Å²) in [6, 6.07) is 1.61. The fraction of sp³-hybridized carbons (Fsp3) is 0.722. The zero-order chi connectivity index (χ0) is 17.8. The van der Waals surface area contributed by atoms with Gasteiger partial charge in [-0.25, -0.2) is 4.68 Å². The number of rotatable bonds is 4. The standard InChI is InChI=1S/C18H29N5O2/c1-3-6-21-8-10-22(11-9-21)18(25)15-5-4-7-23(14-15)16-12-17(24)20(2)19-13-16/h12-13,15H,3-11,14H2,1-2H3. The lowest BCUT2D eigenvalue weighted by Crippen LogP contribution is -2.52. The van der Waals surface area contributed by atoms with Crippen molar-refractivity contribution in [2.45, 2.75) is 26.2 Å². The van der Waals surface area contributed by atoms with E-state index in [1.807, 2.05) is 4.90 Å². The minimum atomic E-state index is -0.113. The zero-order valence-electron chi connectivity index (χ0n) is 15.4.